The smallest absolute Gasteiger partial charge is 0.234 e. The molecule has 28 heavy (non-hydrogen) atoms. The van der Waals surface area contributed by atoms with E-state index in [9.17, 15) is 4.79 Å². The lowest BCUT2D eigenvalue weighted by Gasteiger charge is -2.39. The summed E-state index contributed by atoms with van der Waals surface area (Å²) in [5.74, 6) is 1.02. The van der Waals surface area contributed by atoms with Crippen LogP contribution >= 0.6 is 35.7 Å². The highest BCUT2D eigenvalue weighted by molar-refractivity contribution is 14.0. The fourth-order valence-corrected chi connectivity index (χ4v) is 4.23. The third-order valence-electron chi connectivity index (χ3n) is 5.28. The van der Waals surface area contributed by atoms with E-state index in [2.05, 4.69) is 31.7 Å². The molecule has 0 aromatic carbocycles. The van der Waals surface area contributed by atoms with Gasteiger partial charge in [-0.1, -0.05) is 0 Å². The minimum absolute atomic E-state index is 0. The predicted octanol–water partition coefficient (Wildman–Crippen LogP) is 0.472. The summed E-state index contributed by atoms with van der Waals surface area (Å²) in [5.41, 5.74) is 0. The molecule has 2 aliphatic heterocycles. The molecule has 2 rings (SSSR count). The number of rotatable bonds is 8. The molecule has 2 N–H and O–H groups in total. The Morgan fingerprint density at radius 1 is 1.21 bits per heavy atom. The number of nitrogens with zero attached hydrogens (tertiary/aromatic N) is 3. The molecule has 2 heterocycles. The molecule has 0 aromatic heterocycles. The molecular formula is C18H36IN5O3S. The van der Waals surface area contributed by atoms with Gasteiger partial charge in [0.1, 0.15) is 0 Å². The fourth-order valence-electron chi connectivity index (χ4n) is 3.44. The number of hydrogen-bond acceptors (Lipinski definition) is 6. The number of amides is 1. The Morgan fingerprint density at radius 3 is 2.46 bits per heavy atom. The second-order valence-corrected chi connectivity index (χ2v) is 8.28. The highest BCUT2D eigenvalue weighted by Gasteiger charge is 2.32. The normalized spacial score (nSPS) is 20.4. The van der Waals surface area contributed by atoms with Gasteiger partial charge in [-0.3, -0.25) is 14.7 Å². The molecule has 2 saturated heterocycles. The van der Waals surface area contributed by atoms with Gasteiger partial charge in [-0.05, 0) is 19.1 Å². The summed E-state index contributed by atoms with van der Waals surface area (Å²) < 4.78 is 10.7. The van der Waals surface area contributed by atoms with Crippen molar-refractivity contribution in [3.05, 3.63) is 0 Å². The molecule has 2 aliphatic rings. The zero-order valence-corrected chi connectivity index (χ0v) is 20.5. The number of guanidine groups is 1. The summed E-state index contributed by atoms with van der Waals surface area (Å²) in [7, 11) is 3.48. The lowest BCUT2D eigenvalue weighted by Crippen LogP contribution is -2.55. The monoisotopic (exact) mass is 529 g/mol. The van der Waals surface area contributed by atoms with Gasteiger partial charge in [-0.2, -0.15) is 11.8 Å². The largest absolute Gasteiger partial charge is 0.383 e. The molecule has 164 valence electrons. The number of hydrogen-bond donors (Lipinski definition) is 2. The average molecular weight is 529 g/mol. The number of nitrogens with one attached hydrogen (secondary N) is 2. The number of piperazine rings is 1. The van der Waals surface area contributed by atoms with Crippen molar-refractivity contribution in [3.63, 3.8) is 0 Å². The number of carbonyl (C=O) groups is 1. The summed E-state index contributed by atoms with van der Waals surface area (Å²) in [5, 5.41) is 6.45. The van der Waals surface area contributed by atoms with Crippen LogP contribution in [0.1, 0.15) is 12.8 Å². The number of aliphatic imine (C=N–C) groups is 1. The molecule has 0 radical (unpaired) electrons. The van der Waals surface area contributed by atoms with Crippen LogP contribution in [-0.4, -0.2) is 112 Å². The van der Waals surface area contributed by atoms with E-state index in [4.69, 9.17) is 9.47 Å². The van der Waals surface area contributed by atoms with Gasteiger partial charge in [0.15, 0.2) is 5.96 Å². The van der Waals surface area contributed by atoms with Gasteiger partial charge in [-0.15, -0.1) is 24.0 Å². The van der Waals surface area contributed by atoms with Crippen molar-refractivity contribution in [3.8, 4) is 0 Å². The number of methoxy groups -OCH3 is 1. The average Bonchev–Trinajstić information content (AvgIpc) is 2.70. The van der Waals surface area contributed by atoms with Gasteiger partial charge in [0.05, 0.1) is 13.2 Å². The maximum Gasteiger partial charge on any atom is 0.234 e. The number of ether oxygens (including phenoxy) is 2. The van der Waals surface area contributed by atoms with Crippen molar-refractivity contribution < 1.29 is 14.3 Å². The van der Waals surface area contributed by atoms with Crippen molar-refractivity contribution in [1.29, 1.82) is 0 Å². The summed E-state index contributed by atoms with van der Waals surface area (Å²) in [6.45, 7) is 7.61. The van der Waals surface area contributed by atoms with Crippen LogP contribution in [0, 0.1) is 0 Å². The van der Waals surface area contributed by atoms with Crippen molar-refractivity contribution in [1.82, 2.24) is 20.4 Å². The van der Waals surface area contributed by atoms with Crippen LogP contribution in [0.2, 0.25) is 0 Å². The van der Waals surface area contributed by atoms with Crippen LogP contribution in [0.4, 0.5) is 0 Å². The van der Waals surface area contributed by atoms with E-state index in [0.717, 1.165) is 64.7 Å². The van der Waals surface area contributed by atoms with E-state index in [1.165, 1.54) is 0 Å². The number of halogens is 1. The number of carbonyl (C=O) groups excluding carboxylic acids is 1. The quantitative estimate of drug-likeness (QED) is 0.205. The van der Waals surface area contributed by atoms with Crippen LogP contribution in [0.25, 0.3) is 0 Å². The highest BCUT2D eigenvalue weighted by atomic mass is 127. The van der Waals surface area contributed by atoms with Gasteiger partial charge >= 0.3 is 0 Å². The molecule has 10 heteroatoms. The molecule has 0 atom stereocenters. The first-order valence-corrected chi connectivity index (χ1v) is 10.9. The zero-order chi connectivity index (χ0) is 19.5. The third-order valence-corrected chi connectivity index (χ3v) is 6.70. The fraction of sp³-hybridized carbons (Fsp3) is 0.889. The Kier molecular flexibility index (Phi) is 12.7. The summed E-state index contributed by atoms with van der Waals surface area (Å²) >= 11 is 1.93. The van der Waals surface area contributed by atoms with E-state index in [1.54, 1.807) is 7.11 Å². The Hall–Kier alpha value is -0.300. The maximum absolute atomic E-state index is 11.9. The second-order valence-electron chi connectivity index (χ2n) is 7.01. The third kappa shape index (κ3) is 8.21. The first kappa shape index (κ1) is 25.7. The SMILES string of the molecule is CN=C(NCC1(SC)CCOCC1)N1CCN(CC(=O)NCCOC)CC1.I. The molecule has 0 spiro atoms. The van der Waals surface area contributed by atoms with Gasteiger partial charge in [0.25, 0.3) is 0 Å². The van der Waals surface area contributed by atoms with Crippen LogP contribution in [0.15, 0.2) is 4.99 Å². The predicted molar refractivity (Wildman–Crippen MR) is 126 cm³/mol. The van der Waals surface area contributed by atoms with E-state index in [1.807, 2.05) is 18.8 Å². The van der Waals surface area contributed by atoms with Gasteiger partial charge in [-0.25, -0.2) is 0 Å². The van der Waals surface area contributed by atoms with Crippen molar-refractivity contribution in [2.45, 2.75) is 17.6 Å². The van der Waals surface area contributed by atoms with Gasteiger partial charge in [0, 0.05) is 71.4 Å². The molecule has 2 fully saturated rings. The van der Waals surface area contributed by atoms with Crippen LogP contribution < -0.4 is 10.6 Å². The van der Waals surface area contributed by atoms with Crippen molar-refractivity contribution in [2.24, 2.45) is 4.99 Å². The van der Waals surface area contributed by atoms with E-state index >= 15 is 0 Å². The Balaban J connectivity index is 0.00000392. The topological polar surface area (TPSA) is 78.4 Å². The molecule has 8 nitrogen and oxygen atoms in total. The van der Waals surface area contributed by atoms with Crippen LogP contribution in [0.3, 0.4) is 0 Å². The minimum Gasteiger partial charge on any atom is -0.383 e. The minimum atomic E-state index is 0. The zero-order valence-electron chi connectivity index (χ0n) is 17.4. The van der Waals surface area contributed by atoms with E-state index in [0.29, 0.717) is 19.7 Å². The van der Waals surface area contributed by atoms with Crippen LogP contribution in [0.5, 0.6) is 0 Å². The maximum atomic E-state index is 11.9. The molecule has 0 unspecified atom stereocenters. The Bertz CT molecular complexity index is 484. The summed E-state index contributed by atoms with van der Waals surface area (Å²) in [4.78, 5) is 20.9. The molecule has 0 bridgehead atoms. The second kappa shape index (κ2) is 13.8. The number of thioether (sulfide) groups is 1. The molecule has 1 amide bonds. The molecular weight excluding hydrogens is 493 g/mol. The highest BCUT2D eigenvalue weighted by Crippen LogP contribution is 2.33. The van der Waals surface area contributed by atoms with Gasteiger partial charge in [0.2, 0.25) is 5.91 Å². The molecule has 0 aliphatic carbocycles. The summed E-state index contributed by atoms with van der Waals surface area (Å²) in [6.07, 6.45) is 4.33. The van der Waals surface area contributed by atoms with Gasteiger partial charge < -0.3 is 25.0 Å². The first-order valence-electron chi connectivity index (χ1n) is 9.69. The Labute approximate surface area is 190 Å². The van der Waals surface area contributed by atoms with Crippen molar-refractivity contribution >= 4 is 47.6 Å². The van der Waals surface area contributed by atoms with E-state index < -0.39 is 0 Å². The van der Waals surface area contributed by atoms with E-state index in [-0.39, 0.29) is 34.6 Å². The lowest BCUT2D eigenvalue weighted by atomic mass is 9.99. The van der Waals surface area contributed by atoms with Crippen molar-refractivity contribution in [2.75, 3.05) is 86.0 Å². The molecule has 0 saturated carbocycles. The molecule has 0 aromatic rings. The standard InChI is InChI=1S/C18H35N5O3S.HI/c1-19-17(21-15-18(27-3)4-11-26-12-5-18)23-9-7-22(8-10-23)14-16(24)20-6-13-25-2;/h4-15H2,1-3H3,(H,19,21)(H,20,24);1H. The lowest BCUT2D eigenvalue weighted by molar-refractivity contribution is -0.122. The summed E-state index contributed by atoms with van der Waals surface area (Å²) in [6, 6.07) is 0. The Morgan fingerprint density at radius 2 is 1.89 bits per heavy atom. The van der Waals surface area contributed by atoms with Crippen LogP contribution in [-0.2, 0) is 14.3 Å². The first-order chi connectivity index (χ1) is 13.1.